The van der Waals surface area contributed by atoms with Crippen molar-refractivity contribution in [3.05, 3.63) is 0 Å². The predicted octanol–water partition coefficient (Wildman–Crippen LogP) is 2.51. The van der Waals surface area contributed by atoms with E-state index in [1.807, 2.05) is 0 Å². The van der Waals surface area contributed by atoms with E-state index >= 15 is 0 Å². The second-order valence-corrected chi connectivity index (χ2v) is 4.95. The van der Waals surface area contributed by atoms with Gasteiger partial charge in [0.25, 0.3) is 0 Å². The summed E-state index contributed by atoms with van der Waals surface area (Å²) in [7, 11) is 0. The molecule has 2 unspecified atom stereocenters. The van der Waals surface area contributed by atoms with Crippen molar-refractivity contribution in [1.82, 2.24) is 0 Å². The number of ketones is 1. The first-order chi connectivity index (χ1) is 6.61. The van der Waals surface area contributed by atoms with Crippen molar-refractivity contribution in [2.24, 2.45) is 17.6 Å². The molecule has 2 atom stereocenters. The lowest BCUT2D eigenvalue weighted by molar-refractivity contribution is -0.124. The van der Waals surface area contributed by atoms with Gasteiger partial charge in [-0.3, -0.25) is 4.79 Å². The van der Waals surface area contributed by atoms with Crippen LogP contribution in [0.5, 0.6) is 0 Å². The summed E-state index contributed by atoms with van der Waals surface area (Å²) >= 11 is 0. The smallest absolute Gasteiger partial charge is 0.137 e. The van der Waals surface area contributed by atoms with Crippen molar-refractivity contribution >= 4 is 5.78 Å². The minimum absolute atomic E-state index is 0.142. The van der Waals surface area contributed by atoms with Crippen molar-refractivity contribution in [3.8, 4) is 0 Å². The minimum Gasteiger partial charge on any atom is -0.327 e. The van der Waals surface area contributed by atoms with E-state index in [2.05, 4.69) is 13.8 Å². The SMILES string of the molecule is CC(C)CCC(=O)C1CCCCC1N. The van der Waals surface area contributed by atoms with E-state index in [1.54, 1.807) is 0 Å². The van der Waals surface area contributed by atoms with Crippen LogP contribution in [0.25, 0.3) is 0 Å². The van der Waals surface area contributed by atoms with Gasteiger partial charge in [0.15, 0.2) is 0 Å². The van der Waals surface area contributed by atoms with Crippen molar-refractivity contribution in [2.45, 2.75) is 58.4 Å². The molecule has 0 radical (unpaired) electrons. The normalized spacial score (nSPS) is 28.0. The molecule has 1 aliphatic carbocycles. The molecule has 0 saturated heterocycles. The Morgan fingerprint density at radius 3 is 2.57 bits per heavy atom. The van der Waals surface area contributed by atoms with E-state index < -0.39 is 0 Å². The molecular weight excluding hydrogens is 174 g/mol. The Kier molecular flexibility index (Phi) is 4.59. The second-order valence-electron chi connectivity index (χ2n) is 4.95. The monoisotopic (exact) mass is 197 g/mol. The molecule has 0 aromatic carbocycles. The Morgan fingerprint density at radius 1 is 1.36 bits per heavy atom. The van der Waals surface area contributed by atoms with Crippen LogP contribution in [0.2, 0.25) is 0 Å². The summed E-state index contributed by atoms with van der Waals surface area (Å²) in [5.41, 5.74) is 5.97. The van der Waals surface area contributed by atoms with Crippen molar-refractivity contribution in [3.63, 3.8) is 0 Å². The van der Waals surface area contributed by atoms with Crippen LogP contribution in [0.4, 0.5) is 0 Å². The van der Waals surface area contributed by atoms with Crippen LogP contribution in [0.3, 0.4) is 0 Å². The van der Waals surface area contributed by atoms with Crippen LogP contribution < -0.4 is 5.73 Å². The molecule has 1 rings (SSSR count). The Labute approximate surface area is 87.2 Å². The maximum atomic E-state index is 11.8. The van der Waals surface area contributed by atoms with Crippen LogP contribution >= 0.6 is 0 Å². The molecular formula is C12H23NO. The maximum absolute atomic E-state index is 11.8. The zero-order valence-corrected chi connectivity index (χ0v) is 9.46. The molecule has 2 heteroatoms. The summed E-state index contributed by atoms with van der Waals surface area (Å²) in [5.74, 6) is 1.20. The third-order valence-corrected chi connectivity index (χ3v) is 3.20. The molecule has 2 N–H and O–H groups in total. The molecule has 0 aromatic rings. The number of rotatable bonds is 4. The highest BCUT2D eigenvalue weighted by Gasteiger charge is 2.27. The fraction of sp³-hybridized carbons (Fsp3) is 0.917. The number of carbonyl (C=O) groups excluding carboxylic acids is 1. The molecule has 82 valence electrons. The molecule has 0 amide bonds. The summed E-state index contributed by atoms with van der Waals surface area (Å²) in [5, 5.41) is 0. The van der Waals surface area contributed by atoms with Gasteiger partial charge >= 0.3 is 0 Å². The van der Waals surface area contributed by atoms with Crippen LogP contribution in [0.1, 0.15) is 52.4 Å². The zero-order valence-electron chi connectivity index (χ0n) is 9.46. The Morgan fingerprint density at radius 2 is 2.00 bits per heavy atom. The standard InChI is InChI=1S/C12H23NO/c1-9(2)7-8-12(14)10-5-3-4-6-11(10)13/h9-11H,3-8,13H2,1-2H3. The lowest BCUT2D eigenvalue weighted by atomic mass is 9.80. The number of nitrogens with two attached hydrogens (primary N) is 1. The highest BCUT2D eigenvalue weighted by atomic mass is 16.1. The van der Waals surface area contributed by atoms with Gasteiger partial charge in [0.05, 0.1) is 0 Å². The van der Waals surface area contributed by atoms with Crippen LogP contribution in [-0.4, -0.2) is 11.8 Å². The van der Waals surface area contributed by atoms with E-state index in [4.69, 9.17) is 5.73 Å². The fourth-order valence-corrected chi connectivity index (χ4v) is 2.18. The molecule has 0 bridgehead atoms. The number of hydrogen-bond donors (Lipinski definition) is 1. The van der Waals surface area contributed by atoms with E-state index in [9.17, 15) is 4.79 Å². The average Bonchev–Trinajstić information content (AvgIpc) is 2.15. The molecule has 1 fully saturated rings. The molecule has 1 saturated carbocycles. The summed E-state index contributed by atoms with van der Waals surface area (Å²) in [4.78, 5) is 11.8. The van der Waals surface area contributed by atoms with Gasteiger partial charge in [-0.1, -0.05) is 26.7 Å². The summed E-state index contributed by atoms with van der Waals surface area (Å²) in [6.07, 6.45) is 6.20. The van der Waals surface area contributed by atoms with Crippen LogP contribution in [0, 0.1) is 11.8 Å². The van der Waals surface area contributed by atoms with Crippen LogP contribution in [0.15, 0.2) is 0 Å². The van der Waals surface area contributed by atoms with E-state index in [0.717, 1.165) is 25.7 Å². The highest BCUT2D eigenvalue weighted by molar-refractivity contribution is 5.81. The molecule has 2 nitrogen and oxygen atoms in total. The lowest BCUT2D eigenvalue weighted by Gasteiger charge is -2.27. The largest absolute Gasteiger partial charge is 0.327 e. The molecule has 0 heterocycles. The fourth-order valence-electron chi connectivity index (χ4n) is 2.18. The molecule has 0 aromatic heterocycles. The summed E-state index contributed by atoms with van der Waals surface area (Å²) < 4.78 is 0. The topological polar surface area (TPSA) is 43.1 Å². The number of carbonyl (C=O) groups is 1. The Bertz CT molecular complexity index is 189. The van der Waals surface area contributed by atoms with E-state index in [0.29, 0.717) is 11.7 Å². The first kappa shape index (κ1) is 11.7. The first-order valence-electron chi connectivity index (χ1n) is 5.89. The third kappa shape index (κ3) is 3.41. The zero-order chi connectivity index (χ0) is 10.6. The quantitative estimate of drug-likeness (QED) is 0.752. The third-order valence-electron chi connectivity index (χ3n) is 3.20. The van der Waals surface area contributed by atoms with E-state index in [1.165, 1.54) is 12.8 Å². The Hall–Kier alpha value is -0.370. The van der Waals surface area contributed by atoms with Gasteiger partial charge in [-0.15, -0.1) is 0 Å². The Balaban J connectivity index is 2.34. The minimum atomic E-state index is 0.142. The molecule has 0 aliphatic heterocycles. The summed E-state index contributed by atoms with van der Waals surface area (Å²) in [6, 6.07) is 0.142. The van der Waals surface area contributed by atoms with Gasteiger partial charge in [-0.25, -0.2) is 0 Å². The summed E-state index contributed by atoms with van der Waals surface area (Å²) in [6.45, 7) is 4.32. The van der Waals surface area contributed by atoms with Gasteiger partial charge < -0.3 is 5.73 Å². The lowest BCUT2D eigenvalue weighted by Crippen LogP contribution is -2.38. The van der Waals surface area contributed by atoms with Crippen molar-refractivity contribution in [2.75, 3.05) is 0 Å². The number of Topliss-reactive ketones (excluding diaryl/α,β-unsaturated/α-hetero) is 1. The van der Waals surface area contributed by atoms with Gasteiger partial charge in [0.2, 0.25) is 0 Å². The van der Waals surface area contributed by atoms with Crippen molar-refractivity contribution < 1.29 is 4.79 Å². The van der Waals surface area contributed by atoms with Gasteiger partial charge in [0, 0.05) is 18.4 Å². The van der Waals surface area contributed by atoms with Gasteiger partial charge in [-0.2, -0.15) is 0 Å². The predicted molar refractivity (Wildman–Crippen MR) is 59.0 cm³/mol. The van der Waals surface area contributed by atoms with Gasteiger partial charge in [0.1, 0.15) is 5.78 Å². The van der Waals surface area contributed by atoms with Crippen LogP contribution in [-0.2, 0) is 4.79 Å². The second kappa shape index (κ2) is 5.50. The average molecular weight is 197 g/mol. The first-order valence-corrected chi connectivity index (χ1v) is 5.89. The molecule has 1 aliphatic rings. The van der Waals surface area contributed by atoms with Crippen molar-refractivity contribution in [1.29, 1.82) is 0 Å². The molecule has 0 spiro atoms. The number of hydrogen-bond acceptors (Lipinski definition) is 2. The highest BCUT2D eigenvalue weighted by Crippen LogP contribution is 2.25. The van der Waals surface area contributed by atoms with E-state index in [-0.39, 0.29) is 12.0 Å². The van der Waals surface area contributed by atoms with Gasteiger partial charge in [-0.05, 0) is 25.2 Å². The maximum Gasteiger partial charge on any atom is 0.137 e. The molecule has 14 heavy (non-hydrogen) atoms.